The van der Waals surface area contributed by atoms with Gasteiger partial charge in [0.25, 0.3) is 11.7 Å². The number of aliphatic hydroxyl groups is 1. The molecule has 158 valence electrons. The number of nitrogens with zero attached hydrogens (tertiary/aromatic N) is 1. The molecular weight excluding hydrogens is 378 g/mol. The Morgan fingerprint density at radius 2 is 1.77 bits per heavy atom. The number of hydrogen-bond donors (Lipinski definition) is 1. The quantitative estimate of drug-likeness (QED) is 0.454. The summed E-state index contributed by atoms with van der Waals surface area (Å²) in [7, 11) is 1.55. The number of Topliss-reactive ketones (excluding diaryl/α,β-unsaturated/α-hetero) is 1. The Morgan fingerprint density at radius 1 is 1.10 bits per heavy atom. The molecule has 5 nitrogen and oxygen atoms in total. The number of benzene rings is 2. The second kappa shape index (κ2) is 8.44. The van der Waals surface area contributed by atoms with E-state index in [9.17, 15) is 14.7 Å². The summed E-state index contributed by atoms with van der Waals surface area (Å²) in [5, 5.41) is 11.3. The number of likely N-dealkylation sites (tertiary alicyclic amines) is 1. The molecule has 0 aromatic heterocycles. The van der Waals surface area contributed by atoms with Crippen LogP contribution in [0.15, 0.2) is 54.1 Å². The highest BCUT2D eigenvalue weighted by Gasteiger charge is 2.46. The highest BCUT2D eigenvalue weighted by atomic mass is 16.5. The Kier molecular flexibility index (Phi) is 6.13. The van der Waals surface area contributed by atoms with Gasteiger partial charge in [-0.1, -0.05) is 63.2 Å². The fraction of sp³-hybridized carbons (Fsp3) is 0.360. The smallest absolute Gasteiger partial charge is 0.295 e. The molecule has 1 heterocycles. The van der Waals surface area contributed by atoms with Crippen molar-refractivity contribution in [3.63, 3.8) is 0 Å². The molecule has 0 aliphatic carbocycles. The molecule has 1 amide bonds. The first kappa shape index (κ1) is 21.8. The van der Waals surface area contributed by atoms with Gasteiger partial charge in [0.2, 0.25) is 0 Å². The molecule has 0 radical (unpaired) electrons. The number of ether oxygens (including phenoxy) is 1. The summed E-state index contributed by atoms with van der Waals surface area (Å²) < 4.78 is 5.14. The summed E-state index contributed by atoms with van der Waals surface area (Å²) >= 11 is 0. The first-order valence-electron chi connectivity index (χ1n) is 10.1. The third kappa shape index (κ3) is 4.03. The summed E-state index contributed by atoms with van der Waals surface area (Å²) in [5.74, 6) is -1.42. The average Bonchev–Trinajstić information content (AvgIpc) is 2.96. The maximum Gasteiger partial charge on any atom is 0.295 e. The molecule has 2 aromatic rings. The van der Waals surface area contributed by atoms with E-state index in [0.717, 1.165) is 16.7 Å². The van der Waals surface area contributed by atoms with Gasteiger partial charge in [-0.05, 0) is 35.1 Å². The third-order valence-electron chi connectivity index (χ3n) is 5.55. The van der Waals surface area contributed by atoms with E-state index in [0.29, 0.717) is 12.2 Å². The van der Waals surface area contributed by atoms with Gasteiger partial charge in [0.15, 0.2) is 0 Å². The topological polar surface area (TPSA) is 66.8 Å². The number of methoxy groups -OCH3 is 1. The first-order chi connectivity index (χ1) is 14.2. The minimum Gasteiger partial charge on any atom is -0.507 e. The van der Waals surface area contributed by atoms with Gasteiger partial charge in [-0.15, -0.1) is 0 Å². The van der Waals surface area contributed by atoms with Crippen molar-refractivity contribution in [2.24, 2.45) is 0 Å². The van der Waals surface area contributed by atoms with Gasteiger partial charge in [0, 0.05) is 19.2 Å². The molecule has 3 rings (SSSR count). The molecule has 1 atom stereocenters. The van der Waals surface area contributed by atoms with Crippen LogP contribution in [0.2, 0.25) is 0 Å². The van der Waals surface area contributed by atoms with E-state index < -0.39 is 17.7 Å². The minimum absolute atomic E-state index is 0.119. The van der Waals surface area contributed by atoms with Gasteiger partial charge < -0.3 is 14.7 Å². The highest BCUT2D eigenvalue weighted by molar-refractivity contribution is 6.46. The van der Waals surface area contributed by atoms with Crippen LogP contribution in [-0.2, 0) is 19.7 Å². The van der Waals surface area contributed by atoms with Gasteiger partial charge in [-0.25, -0.2) is 0 Å². The van der Waals surface area contributed by atoms with Gasteiger partial charge in [-0.3, -0.25) is 9.59 Å². The number of carbonyl (C=O) groups excluding carboxylic acids is 2. The van der Waals surface area contributed by atoms with Crippen LogP contribution < -0.4 is 0 Å². The third-order valence-corrected chi connectivity index (χ3v) is 5.55. The fourth-order valence-electron chi connectivity index (χ4n) is 3.77. The van der Waals surface area contributed by atoms with Crippen LogP contribution >= 0.6 is 0 Å². The van der Waals surface area contributed by atoms with E-state index in [1.807, 2.05) is 55.5 Å². The lowest BCUT2D eigenvalue weighted by atomic mass is 9.84. The van der Waals surface area contributed by atoms with Crippen molar-refractivity contribution in [1.82, 2.24) is 4.90 Å². The molecule has 0 spiro atoms. The van der Waals surface area contributed by atoms with E-state index in [4.69, 9.17) is 4.74 Å². The normalized spacial score (nSPS) is 18.8. The molecule has 30 heavy (non-hydrogen) atoms. The molecule has 5 heteroatoms. The predicted molar refractivity (Wildman–Crippen MR) is 117 cm³/mol. The molecule has 1 aliphatic rings. The monoisotopic (exact) mass is 407 g/mol. The summed E-state index contributed by atoms with van der Waals surface area (Å²) in [6.07, 6.45) is 0. The van der Waals surface area contributed by atoms with Crippen molar-refractivity contribution < 1.29 is 19.4 Å². The number of aliphatic hydroxyl groups excluding tert-OH is 1. The molecule has 1 unspecified atom stereocenters. The Morgan fingerprint density at radius 3 is 2.37 bits per heavy atom. The Bertz CT molecular complexity index is 986. The molecular formula is C25H29NO4. The van der Waals surface area contributed by atoms with Crippen molar-refractivity contribution in [2.45, 2.75) is 39.2 Å². The molecule has 1 saturated heterocycles. The summed E-state index contributed by atoms with van der Waals surface area (Å²) in [5.41, 5.74) is 3.24. The lowest BCUT2D eigenvalue weighted by Gasteiger charge is -2.25. The van der Waals surface area contributed by atoms with Crippen molar-refractivity contribution in [3.8, 4) is 0 Å². The molecule has 1 N–H and O–H groups in total. The second-order valence-electron chi connectivity index (χ2n) is 8.68. The van der Waals surface area contributed by atoms with E-state index >= 15 is 0 Å². The number of hydrogen-bond acceptors (Lipinski definition) is 4. The average molecular weight is 408 g/mol. The number of rotatable bonds is 5. The van der Waals surface area contributed by atoms with Crippen LogP contribution in [0.5, 0.6) is 0 Å². The number of carbonyl (C=O) groups is 2. The van der Waals surface area contributed by atoms with Crippen molar-refractivity contribution in [2.75, 3.05) is 20.3 Å². The van der Waals surface area contributed by atoms with E-state index in [1.165, 1.54) is 4.90 Å². The zero-order valence-electron chi connectivity index (χ0n) is 18.2. The standard InChI is InChI=1S/C25H29NO4/c1-16-11-12-18(25(2,3)4)15-19(16)22(27)20-21(17-9-7-6-8-10-17)26(13-14-30-5)24(29)23(20)28/h6-12,15,21,27H,13-14H2,1-5H3/b22-20+. The highest BCUT2D eigenvalue weighted by Crippen LogP contribution is 2.40. The molecule has 2 aromatic carbocycles. The zero-order chi connectivity index (χ0) is 22.1. The zero-order valence-corrected chi connectivity index (χ0v) is 18.2. The van der Waals surface area contributed by atoms with Crippen LogP contribution in [0.4, 0.5) is 0 Å². The van der Waals surface area contributed by atoms with Gasteiger partial charge in [0.1, 0.15) is 5.76 Å². The molecule has 1 aliphatic heterocycles. The lowest BCUT2D eigenvalue weighted by molar-refractivity contribution is -0.140. The van der Waals surface area contributed by atoms with Crippen LogP contribution in [0, 0.1) is 6.92 Å². The van der Waals surface area contributed by atoms with Gasteiger partial charge in [-0.2, -0.15) is 0 Å². The van der Waals surface area contributed by atoms with Gasteiger partial charge in [0.05, 0.1) is 18.2 Å². The summed E-state index contributed by atoms with van der Waals surface area (Å²) in [6, 6.07) is 14.5. The van der Waals surface area contributed by atoms with E-state index in [2.05, 4.69) is 20.8 Å². The van der Waals surface area contributed by atoms with Crippen molar-refractivity contribution >= 4 is 17.4 Å². The van der Waals surface area contributed by atoms with E-state index in [1.54, 1.807) is 7.11 Å². The number of ketones is 1. The van der Waals surface area contributed by atoms with E-state index in [-0.39, 0.29) is 23.3 Å². The van der Waals surface area contributed by atoms with Crippen molar-refractivity contribution in [3.05, 3.63) is 76.4 Å². The SMILES string of the molecule is COCCN1C(=O)C(=O)/C(=C(/O)c2cc(C(C)(C)C)ccc2C)C1c1ccccc1. The molecule has 0 saturated carbocycles. The fourth-order valence-corrected chi connectivity index (χ4v) is 3.77. The summed E-state index contributed by atoms with van der Waals surface area (Å²) in [6.45, 7) is 8.73. The predicted octanol–water partition coefficient (Wildman–Crippen LogP) is 4.36. The Balaban J connectivity index is 2.21. The number of aryl methyl sites for hydroxylation is 1. The number of amides is 1. The summed E-state index contributed by atoms with van der Waals surface area (Å²) in [4.78, 5) is 27.3. The molecule has 0 bridgehead atoms. The Labute approximate surface area is 178 Å². The van der Waals surface area contributed by atoms with Crippen LogP contribution in [0.25, 0.3) is 5.76 Å². The van der Waals surface area contributed by atoms with Crippen molar-refractivity contribution in [1.29, 1.82) is 0 Å². The van der Waals surface area contributed by atoms with Crippen LogP contribution in [0.3, 0.4) is 0 Å². The maximum absolute atomic E-state index is 13.0. The lowest BCUT2D eigenvalue weighted by Crippen LogP contribution is -2.32. The van der Waals surface area contributed by atoms with Crippen LogP contribution in [-0.4, -0.2) is 42.0 Å². The second-order valence-corrected chi connectivity index (χ2v) is 8.68. The van der Waals surface area contributed by atoms with Crippen LogP contribution in [0.1, 0.15) is 49.1 Å². The Hall–Kier alpha value is -2.92. The van der Waals surface area contributed by atoms with Gasteiger partial charge >= 0.3 is 0 Å². The molecule has 1 fully saturated rings. The maximum atomic E-state index is 13.0. The first-order valence-corrected chi connectivity index (χ1v) is 10.1. The minimum atomic E-state index is -0.669. The largest absolute Gasteiger partial charge is 0.507 e.